The van der Waals surface area contributed by atoms with Crippen LogP contribution in [0.1, 0.15) is 42.5 Å². The maximum absolute atomic E-state index is 12.7. The summed E-state index contributed by atoms with van der Waals surface area (Å²) in [6.07, 6.45) is 5.94. The van der Waals surface area contributed by atoms with Gasteiger partial charge in [0.05, 0.1) is 0 Å². The number of carbonyl (C=O) groups is 1. The van der Waals surface area contributed by atoms with Gasteiger partial charge < -0.3 is 15.5 Å². The third kappa shape index (κ3) is 4.71. The Labute approximate surface area is 149 Å². The molecule has 0 unspecified atom stereocenters. The molecule has 2 N–H and O–H groups in total. The van der Waals surface area contributed by atoms with Crippen molar-refractivity contribution in [1.82, 2.24) is 9.80 Å². The van der Waals surface area contributed by atoms with Gasteiger partial charge in [0, 0.05) is 42.8 Å². The van der Waals surface area contributed by atoms with Gasteiger partial charge in [-0.15, -0.1) is 0 Å². The predicted octanol–water partition coefficient (Wildman–Crippen LogP) is 3.01. The van der Waals surface area contributed by atoms with Crippen molar-refractivity contribution in [3.05, 3.63) is 34.9 Å². The van der Waals surface area contributed by atoms with E-state index in [4.69, 9.17) is 17.3 Å². The molecule has 3 rings (SSSR count). The summed E-state index contributed by atoms with van der Waals surface area (Å²) in [4.78, 5) is 17.2. The van der Waals surface area contributed by atoms with Crippen LogP contribution in [-0.2, 0) is 0 Å². The van der Waals surface area contributed by atoms with E-state index in [1.165, 1.54) is 19.3 Å². The van der Waals surface area contributed by atoms with Crippen LogP contribution in [0.3, 0.4) is 0 Å². The standard InChI is InChI=1S/C19H28ClN3O/c20-17-7-5-16(6-8-17)19(24)23-10-2-9-22(11-12-23)14-15-3-1-4-18(21)13-15/h5-8,15,18H,1-4,9-14,21H2/t15-,18+/m1/s1. The van der Waals surface area contributed by atoms with Crippen LogP contribution in [0, 0.1) is 5.92 Å². The van der Waals surface area contributed by atoms with Gasteiger partial charge in [0.1, 0.15) is 0 Å². The maximum Gasteiger partial charge on any atom is 0.253 e. The Bertz CT molecular complexity index is 548. The molecule has 1 heterocycles. The van der Waals surface area contributed by atoms with Gasteiger partial charge in [-0.1, -0.05) is 18.0 Å². The lowest BCUT2D eigenvalue weighted by atomic mass is 9.86. The smallest absolute Gasteiger partial charge is 0.253 e. The minimum absolute atomic E-state index is 0.119. The molecule has 2 aliphatic rings. The number of halogens is 1. The minimum Gasteiger partial charge on any atom is -0.337 e. The van der Waals surface area contributed by atoms with E-state index >= 15 is 0 Å². The highest BCUT2D eigenvalue weighted by Gasteiger charge is 2.24. The van der Waals surface area contributed by atoms with Gasteiger partial charge in [0.15, 0.2) is 0 Å². The number of hydrogen-bond acceptors (Lipinski definition) is 3. The zero-order valence-electron chi connectivity index (χ0n) is 14.3. The second-order valence-electron chi connectivity index (χ2n) is 7.25. The molecule has 132 valence electrons. The monoisotopic (exact) mass is 349 g/mol. The summed E-state index contributed by atoms with van der Waals surface area (Å²) in [6.45, 7) is 4.82. The van der Waals surface area contributed by atoms with Crippen molar-refractivity contribution in [3.63, 3.8) is 0 Å². The Morgan fingerprint density at radius 2 is 1.88 bits per heavy atom. The lowest BCUT2D eigenvalue weighted by molar-refractivity contribution is 0.0760. The fraction of sp³-hybridized carbons (Fsp3) is 0.632. The molecule has 1 aliphatic heterocycles. The van der Waals surface area contributed by atoms with Crippen LogP contribution in [0.15, 0.2) is 24.3 Å². The Morgan fingerprint density at radius 3 is 2.62 bits per heavy atom. The van der Waals surface area contributed by atoms with Crippen LogP contribution >= 0.6 is 11.6 Å². The Balaban J connectivity index is 1.52. The van der Waals surface area contributed by atoms with Gasteiger partial charge in [-0.2, -0.15) is 0 Å². The number of rotatable bonds is 3. The third-order valence-electron chi connectivity index (χ3n) is 5.31. The van der Waals surface area contributed by atoms with Gasteiger partial charge in [0.2, 0.25) is 0 Å². The SMILES string of the molecule is N[C@H]1CCC[C@@H](CN2CCCN(C(=O)c3ccc(Cl)cc3)CC2)C1. The summed E-state index contributed by atoms with van der Waals surface area (Å²) < 4.78 is 0. The molecule has 1 saturated heterocycles. The van der Waals surface area contributed by atoms with Crippen molar-refractivity contribution in [1.29, 1.82) is 0 Å². The second-order valence-corrected chi connectivity index (χ2v) is 7.68. The Morgan fingerprint density at radius 1 is 1.08 bits per heavy atom. The molecule has 2 atom stereocenters. The molecule has 1 aromatic rings. The average Bonchev–Trinajstić information content (AvgIpc) is 2.81. The van der Waals surface area contributed by atoms with Crippen molar-refractivity contribution < 1.29 is 4.79 Å². The molecule has 24 heavy (non-hydrogen) atoms. The first kappa shape index (κ1) is 17.7. The molecule has 2 fully saturated rings. The Kier molecular flexibility index (Phi) is 6.14. The molecule has 0 spiro atoms. The van der Waals surface area contributed by atoms with Crippen LogP contribution in [-0.4, -0.2) is 54.5 Å². The molecule has 0 aromatic heterocycles. The number of benzene rings is 1. The number of nitrogens with zero attached hydrogens (tertiary/aromatic N) is 2. The Hall–Kier alpha value is -1.10. The second kappa shape index (κ2) is 8.32. The highest BCUT2D eigenvalue weighted by Crippen LogP contribution is 2.24. The molecule has 5 heteroatoms. The fourth-order valence-corrected chi connectivity index (χ4v) is 4.12. The summed E-state index contributed by atoms with van der Waals surface area (Å²) >= 11 is 5.91. The van der Waals surface area contributed by atoms with E-state index in [0.29, 0.717) is 11.1 Å². The summed E-state index contributed by atoms with van der Waals surface area (Å²) in [7, 11) is 0. The van der Waals surface area contributed by atoms with Gasteiger partial charge >= 0.3 is 0 Å². The van der Waals surface area contributed by atoms with Crippen molar-refractivity contribution in [2.24, 2.45) is 11.7 Å². The number of amides is 1. The fourth-order valence-electron chi connectivity index (χ4n) is 4.00. The van der Waals surface area contributed by atoms with Crippen molar-refractivity contribution >= 4 is 17.5 Å². The van der Waals surface area contributed by atoms with E-state index in [-0.39, 0.29) is 5.91 Å². The molecule has 0 radical (unpaired) electrons. The molecular weight excluding hydrogens is 322 g/mol. The number of hydrogen-bond donors (Lipinski definition) is 1. The molecular formula is C19H28ClN3O. The highest BCUT2D eigenvalue weighted by atomic mass is 35.5. The zero-order valence-corrected chi connectivity index (χ0v) is 15.0. The lowest BCUT2D eigenvalue weighted by Crippen LogP contribution is -2.38. The zero-order chi connectivity index (χ0) is 16.9. The average molecular weight is 350 g/mol. The van der Waals surface area contributed by atoms with Crippen molar-refractivity contribution in [3.8, 4) is 0 Å². The predicted molar refractivity (Wildman–Crippen MR) is 98.3 cm³/mol. The normalized spacial score (nSPS) is 26.2. The lowest BCUT2D eigenvalue weighted by Gasteiger charge is -2.31. The minimum atomic E-state index is 0.119. The quantitative estimate of drug-likeness (QED) is 0.912. The summed E-state index contributed by atoms with van der Waals surface area (Å²) in [5.74, 6) is 0.848. The van der Waals surface area contributed by atoms with Gasteiger partial charge in [-0.25, -0.2) is 0 Å². The first-order chi connectivity index (χ1) is 11.6. The number of carbonyl (C=O) groups excluding carboxylic acids is 1. The van der Waals surface area contributed by atoms with Crippen LogP contribution in [0.25, 0.3) is 0 Å². The first-order valence-electron chi connectivity index (χ1n) is 9.14. The molecule has 1 aromatic carbocycles. The van der Waals surface area contributed by atoms with E-state index in [1.54, 1.807) is 12.1 Å². The van der Waals surface area contributed by atoms with E-state index < -0.39 is 0 Å². The van der Waals surface area contributed by atoms with Crippen LogP contribution in [0.5, 0.6) is 0 Å². The maximum atomic E-state index is 12.7. The molecule has 0 bridgehead atoms. The largest absolute Gasteiger partial charge is 0.337 e. The van der Waals surface area contributed by atoms with E-state index in [1.807, 2.05) is 17.0 Å². The molecule has 4 nitrogen and oxygen atoms in total. The van der Waals surface area contributed by atoms with Crippen molar-refractivity contribution in [2.75, 3.05) is 32.7 Å². The summed E-state index contributed by atoms with van der Waals surface area (Å²) in [5, 5.41) is 0.666. The van der Waals surface area contributed by atoms with Crippen LogP contribution < -0.4 is 5.73 Å². The van der Waals surface area contributed by atoms with Crippen LogP contribution in [0.2, 0.25) is 5.02 Å². The summed E-state index contributed by atoms with van der Waals surface area (Å²) in [5.41, 5.74) is 6.84. The number of nitrogens with two attached hydrogens (primary N) is 1. The molecule has 1 aliphatic carbocycles. The van der Waals surface area contributed by atoms with Crippen LogP contribution in [0.4, 0.5) is 0 Å². The topological polar surface area (TPSA) is 49.6 Å². The van der Waals surface area contributed by atoms with Gasteiger partial charge in [-0.3, -0.25) is 4.79 Å². The van der Waals surface area contributed by atoms with E-state index in [9.17, 15) is 4.79 Å². The highest BCUT2D eigenvalue weighted by molar-refractivity contribution is 6.30. The van der Waals surface area contributed by atoms with Crippen molar-refractivity contribution in [2.45, 2.75) is 38.1 Å². The van der Waals surface area contributed by atoms with Gasteiger partial charge in [0.25, 0.3) is 5.91 Å². The molecule has 1 saturated carbocycles. The van der Waals surface area contributed by atoms with Gasteiger partial charge in [-0.05, 0) is 62.4 Å². The van der Waals surface area contributed by atoms with E-state index in [0.717, 1.165) is 57.0 Å². The first-order valence-corrected chi connectivity index (χ1v) is 9.52. The third-order valence-corrected chi connectivity index (χ3v) is 5.56. The summed E-state index contributed by atoms with van der Waals surface area (Å²) in [6, 6.07) is 7.59. The van der Waals surface area contributed by atoms with E-state index in [2.05, 4.69) is 4.90 Å². The molecule has 1 amide bonds.